The molecule has 0 aromatic carbocycles. The third-order valence-electron chi connectivity index (χ3n) is 1.43. The maximum Gasteiger partial charge on any atom is 0.328 e. The molecule has 1 heterocycles. The lowest BCUT2D eigenvalue weighted by atomic mass is 10.3. The van der Waals surface area contributed by atoms with Gasteiger partial charge >= 0.3 is 5.97 Å². The van der Waals surface area contributed by atoms with Gasteiger partial charge in [-0.25, -0.2) is 4.79 Å². The number of hydrogen-bond acceptors (Lipinski definition) is 4. The van der Waals surface area contributed by atoms with E-state index in [1.165, 1.54) is 7.11 Å². The van der Waals surface area contributed by atoms with Crippen LogP contribution in [0, 0.1) is 0 Å². The Balaban J connectivity index is 0.00000144. The average Bonchev–Trinajstić information content (AvgIpc) is 2.55. The molecule has 0 saturated heterocycles. The topological polar surface area (TPSA) is 38.3 Å². The summed E-state index contributed by atoms with van der Waals surface area (Å²) in [6, 6.07) is 3.56. The number of anilines is 1. The smallest absolute Gasteiger partial charge is 0.328 e. The fourth-order valence-corrected chi connectivity index (χ4v) is 1.52. The van der Waals surface area contributed by atoms with Gasteiger partial charge in [0.2, 0.25) is 0 Å². The van der Waals surface area contributed by atoms with Gasteiger partial charge in [-0.3, -0.25) is 0 Å². The van der Waals surface area contributed by atoms with Crippen molar-refractivity contribution in [3.63, 3.8) is 0 Å². The Morgan fingerprint density at radius 1 is 1.69 bits per heavy atom. The Bertz CT molecular complexity index is 251. The molecule has 1 rings (SSSR count). The number of carbonyl (C=O) groups excluding carboxylic acids is 1. The van der Waals surface area contributed by atoms with Crippen LogP contribution in [0.25, 0.3) is 0 Å². The predicted molar refractivity (Wildman–Crippen MR) is 56.7 cm³/mol. The van der Waals surface area contributed by atoms with E-state index in [4.69, 9.17) is 0 Å². The largest absolute Gasteiger partial charge is 0.467 e. The van der Waals surface area contributed by atoms with E-state index < -0.39 is 0 Å². The minimum Gasteiger partial charge on any atom is -0.467 e. The molecule has 0 aliphatic carbocycles. The summed E-state index contributed by atoms with van der Waals surface area (Å²) >= 11 is 1.56. The van der Waals surface area contributed by atoms with E-state index in [9.17, 15) is 4.79 Å². The molecule has 1 unspecified atom stereocenters. The Hall–Kier alpha value is -0.740. The molecule has 0 amide bonds. The summed E-state index contributed by atoms with van der Waals surface area (Å²) in [5, 5.41) is 5.95. The monoisotopic (exact) mass is 221 g/mol. The highest BCUT2D eigenvalue weighted by Crippen LogP contribution is 2.16. The first kappa shape index (κ1) is 12.3. The Labute approximate surface area is 87.5 Å². The van der Waals surface area contributed by atoms with Crippen LogP contribution >= 0.6 is 23.7 Å². The summed E-state index contributed by atoms with van der Waals surface area (Å²) in [6.07, 6.45) is 0. The summed E-state index contributed by atoms with van der Waals surface area (Å²) in [6.45, 7) is 1.77. The highest BCUT2D eigenvalue weighted by molar-refractivity contribution is 7.14. The first-order chi connectivity index (χ1) is 5.74. The van der Waals surface area contributed by atoms with E-state index in [1.807, 2.05) is 17.5 Å². The van der Waals surface area contributed by atoms with Gasteiger partial charge in [-0.2, -0.15) is 0 Å². The lowest BCUT2D eigenvalue weighted by Crippen LogP contribution is -2.26. The van der Waals surface area contributed by atoms with Gasteiger partial charge in [-0.05, 0) is 24.4 Å². The molecule has 5 heteroatoms. The van der Waals surface area contributed by atoms with Crippen LogP contribution < -0.4 is 5.32 Å². The standard InChI is InChI=1S/C8H11NO2S.ClH/c1-6(8(10)11-2)9-7-4-3-5-12-7;/h3-6,9H,1-2H3;1H. The number of esters is 1. The molecule has 1 aromatic rings. The van der Waals surface area contributed by atoms with Crippen molar-refractivity contribution in [1.82, 2.24) is 0 Å². The van der Waals surface area contributed by atoms with E-state index in [0.717, 1.165) is 5.00 Å². The number of halogens is 1. The number of hydrogen-bond donors (Lipinski definition) is 1. The van der Waals surface area contributed by atoms with Crippen LogP contribution in [0.15, 0.2) is 17.5 Å². The average molecular weight is 222 g/mol. The molecule has 13 heavy (non-hydrogen) atoms. The zero-order valence-electron chi connectivity index (χ0n) is 7.44. The van der Waals surface area contributed by atoms with Crippen molar-refractivity contribution in [3.05, 3.63) is 17.5 Å². The van der Waals surface area contributed by atoms with E-state index in [0.29, 0.717) is 0 Å². The lowest BCUT2D eigenvalue weighted by Gasteiger charge is -2.10. The summed E-state index contributed by atoms with van der Waals surface area (Å²) in [4.78, 5) is 11.0. The maximum absolute atomic E-state index is 11.0. The van der Waals surface area contributed by atoms with Gasteiger partial charge in [-0.1, -0.05) is 0 Å². The molecule has 3 nitrogen and oxygen atoms in total. The van der Waals surface area contributed by atoms with Crippen LogP contribution in [-0.4, -0.2) is 19.1 Å². The molecule has 1 N–H and O–H groups in total. The molecule has 0 saturated carbocycles. The van der Waals surface area contributed by atoms with E-state index in [1.54, 1.807) is 18.3 Å². The zero-order valence-corrected chi connectivity index (χ0v) is 9.08. The molecular formula is C8H12ClNO2S. The first-order valence-electron chi connectivity index (χ1n) is 3.62. The predicted octanol–water partition coefficient (Wildman–Crippen LogP) is 2.14. The van der Waals surface area contributed by atoms with Crippen molar-refractivity contribution in [2.75, 3.05) is 12.4 Å². The SMILES string of the molecule is COC(=O)C(C)Nc1cccs1.Cl. The maximum atomic E-state index is 11.0. The Morgan fingerprint density at radius 3 is 2.85 bits per heavy atom. The van der Waals surface area contributed by atoms with Crippen LogP contribution in [0.4, 0.5) is 5.00 Å². The lowest BCUT2D eigenvalue weighted by molar-refractivity contribution is -0.141. The number of thiophene rings is 1. The summed E-state index contributed by atoms with van der Waals surface area (Å²) < 4.78 is 4.56. The van der Waals surface area contributed by atoms with Crippen LogP contribution in [0.1, 0.15) is 6.92 Å². The second kappa shape index (κ2) is 5.83. The normalized spacial score (nSPS) is 11.2. The molecular weight excluding hydrogens is 210 g/mol. The van der Waals surface area contributed by atoms with Gasteiger partial charge in [0.05, 0.1) is 12.1 Å². The molecule has 0 fully saturated rings. The highest BCUT2D eigenvalue weighted by atomic mass is 35.5. The van der Waals surface area contributed by atoms with Crippen molar-refractivity contribution in [3.8, 4) is 0 Å². The number of rotatable bonds is 3. The molecule has 0 aliphatic rings. The number of methoxy groups -OCH3 is 1. The van der Waals surface area contributed by atoms with Gasteiger partial charge in [0.15, 0.2) is 0 Å². The molecule has 0 spiro atoms. The van der Waals surface area contributed by atoms with Gasteiger partial charge < -0.3 is 10.1 Å². The fourth-order valence-electron chi connectivity index (χ4n) is 0.810. The minimum atomic E-state index is -0.284. The van der Waals surface area contributed by atoms with Gasteiger partial charge in [-0.15, -0.1) is 23.7 Å². The molecule has 74 valence electrons. The van der Waals surface area contributed by atoms with Crippen LogP contribution in [0.5, 0.6) is 0 Å². The molecule has 0 bridgehead atoms. The first-order valence-corrected chi connectivity index (χ1v) is 4.50. The van der Waals surface area contributed by atoms with Crippen molar-refractivity contribution in [1.29, 1.82) is 0 Å². The van der Waals surface area contributed by atoms with E-state index in [-0.39, 0.29) is 24.4 Å². The quantitative estimate of drug-likeness (QED) is 0.795. The number of ether oxygens (including phenoxy) is 1. The molecule has 1 atom stereocenters. The third kappa shape index (κ3) is 3.65. The van der Waals surface area contributed by atoms with Gasteiger partial charge in [0.25, 0.3) is 0 Å². The molecule has 0 aliphatic heterocycles. The Morgan fingerprint density at radius 2 is 2.38 bits per heavy atom. The second-order valence-electron chi connectivity index (χ2n) is 2.37. The van der Waals surface area contributed by atoms with Crippen molar-refractivity contribution < 1.29 is 9.53 Å². The van der Waals surface area contributed by atoms with Crippen molar-refractivity contribution >= 4 is 34.7 Å². The summed E-state index contributed by atoms with van der Waals surface area (Å²) in [5.74, 6) is -0.247. The van der Waals surface area contributed by atoms with Crippen LogP contribution in [0.2, 0.25) is 0 Å². The second-order valence-corrected chi connectivity index (χ2v) is 3.31. The third-order valence-corrected chi connectivity index (χ3v) is 2.24. The van der Waals surface area contributed by atoms with E-state index >= 15 is 0 Å². The zero-order chi connectivity index (χ0) is 8.97. The van der Waals surface area contributed by atoms with E-state index in [2.05, 4.69) is 10.1 Å². The number of carbonyl (C=O) groups is 1. The van der Waals surface area contributed by atoms with Gasteiger partial charge in [0.1, 0.15) is 6.04 Å². The molecule has 0 radical (unpaired) electrons. The van der Waals surface area contributed by atoms with Crippen molar-refractivity contribution in [2.45, 2.75) is 13.0 Å². The summed E-state index contributed by atoms with van der Waals surface area (Å²) in [7, 11) is 1.38. The minimum absolute atomic E-state index is 0. The number of nitrogens with one attached hydrogen (secondary N) is 1. The molecule has 1 aromatic heterocycles. The fraction of sp³-hybridized carbons (Fsp3) is 0.375. The van der Waals surface area contributed by atoms with Crippen LogP contribution in [0.3, 0.4) is 0 Å². The van der Waals surface area contributed by atoms with Crippen molar-refractivity contribution in [2.24, 2.45) is 0 Å². The highest BCUT2D eigenvalue weighted by Gasteiger charge is 2.11. The van der Waals surface area contributed by atoms with Gasteiger partial charge in [0, 0.05) is 0 Å². The van der Waals surface area contributed by atoms with Crippen LogP contribution in [-0.2, 0) is 9.53 Å². The summed E-state index contributed by atoms with van der Waals surface area (Å²) in [5.41, 5.74) is 0. The Kier molecular flexibility index (Phi) is 5.50.